The van der Waals surface area contributed by atoms with Crippen LogP contribution in [0.15, 0.2) is 27.6 Å². The Balaban J connectivity index is 3.07. The molecule has 80 valence electrons. The van der Waals surface area contributed by atoms with Gasteiger partial charge in [-0.05, 0) is 34.1 Å². The van der Waals surface area contributed by atoms with E-state index < -0.39 is 10.0 Å². The molecule has 0 aliphatic heterocycles. The molecule has 0 spiro atoms. The van der Waals surface area contributed by atoms with E-state index in [-0.39, 0.29) is 11.4 Å². The van der Waals surface area contributed by atoms with Gasteiger partial charge in [0.1, 0.15) is 0 Å². The van der Waals surface area contributed by atoms with Crippen LogP contribution in [0.1, 0.15) is 0 Å². The summed E-state index contributed by atoms with van der Waals surface area (Å²) < 4.78 is 25.9. The van der Waals surface area contributed by atoms with E-state index in [2.05, 4.69) is 26.6 Å². The molecule has 6 heteroatoms. The van der Waals surface area contributed by atoms with Gasteiger partial charge in [0.15, 0.2) is 0 Å². The average Bonchev–Trinajstić information content (AvgIpc) is 2.19. The minimum atomic E-state index is -3.54. The van der Waals surface area contributed by atoms with Crippen LogP contribution in [0.4, 0.5) is 0 Å². The highest BCUT2D eigenvalue weighted by Crippen LogP contribution is 2.25. The number of terminal acetylenes is 1. The quantitative estimate of drug-likeness (QED) is 0.868. The van der Waals surface area contributed by atoms with Crippen LogP contribution in [0.3, 0.4) is 0 Å². The van der Waals surface area contributed by atoms with Crippen LogP contribution in [0.25, 0.3) is 0 Å². The van der Waals surface area contributed by atoms with E-state index in [0.29, 0.717) is 9.50 Å². The minimum Gasteiger partial charge on any atom is -0.207 e. The monoisotopic (exact) mass is 307 g/mol. The van der Waals surface area contributed by atoms with Crippen molar-refractivity contribution >= 4 is 37.6 Å². The third-order valence-corrected chi connectivity index (χ3v) is 4.18. The standard InChI is InChI=1S/C9H7BrClNO2S/c1-2-5-12-15(13,14)7-3-4-9(11)8(10)6-7/h1,3-4,6,12H,5H2. The molecule has 0 fully saturated rings. The van der Waals surface area contributed by atoms with Crippen molar-refractivity contribution in [3.63, 3.8) is 0 Å². The van der Waals surface area contributed by atoms with Gasteiger partial charge in [0.25, 0.3) is 0 Å². The van der Waals surface area contributed by atoms with E-state index >= 15 is 0 Å². The van der Waals surface area contributed by atoms with E-state index in [1.54, 1.807) is 0 Å². The fourth-order valence-electron chi connectivity index (χ4n) is 0.864. The first kappa shape index (κ1) is 12.5. The van der Waals surface area contributed by atoms with E-state index in [1.165, 1.54) is 18.2 Å². The molecule has 0 aromatic heterocycles. The number of benzene rings is 1. The summed E-state index contributed by atoms with van der Waals surface area (Å²) in [6.07, 6.45) is 4.96. The van der Waals surface area contributed by atoms with Crippen molar-refractivity contribution in [2.75, 3.05) is 6.54 Å². The van der Waals surface area contributed by atoms with Gasteiger partial charge in [0, 0.05) is 4.47 Å². The Morgan fingerprint density at radius 2 is 2.20 bits per heavy atom. The van der Waals surface area contributed by atoms with Gasteiger partial charge in [-0.2, -0.15) is 4.72 Å². The van der Waals surface area contributed by atoms with Crippen molar-refractivity contribution in [2.45, 2.75) is 4.90 Å². The second-order valence-electron chi connectivity index (χ2n) is 2.60. The lowest BCUT2D eigenvalue weighted by molar-refractivity contribution is 0.586. The van der Waals surface area contributed by atoms with Gasteiger partial charge in [-0.3, -0.25) is 0 Å². The molecule has 0 bridgehead atoms. The van der Waals surface area contributed by atoms with Gasteiger partial charge < -0.3 is 0 Å². The van der Waals surface area contributed by atoms with Crippen LogP contribution < -0.4 is 4.72 Å². The lowest BCUT2D eigenvalue weighted by Gasteiger charge is -2.04. The largest absolute Gasteiger partial charge is 0.241 e. The summed E-state index contributed by atoms with van der Waals surface area (Å²) >= 11 is 8.88. The zero-order valence-corrected chi connectivity index (χ0v) is 10.7. The Morgan fingerprint density at radius 1 is 1.53 bits per heavy atom. The number of sulfonamides is 1. The van der Waals surface area contributed by atoms with Crippen LogP contribution in [-0.2, 0) is 10.0 Å². The van der Waals surface area contributed by atoms with E-state index in [9.17, 15) is 8.42 Å². The normalized spacial score (nSPS) is 11.0. The second kappa shape index (κ2) is 4.99. The molecule has 3 nitrogen and oxygen atoms in total. The first-order chi connectivity index (χ1) is 6.97. The first-order valence-electron chi connectivity index (χ1n) is 3.85. The maximum atomic E-state index is 11.6. The van der Waals surface area contributed by atoms with E-state index in [1.807, 2.05) is 0 Å². The lowest BCUT2D eigenvalue weighted by Crippen LogP contribution is -2.23. The van der Waals surface area contributed by atoms with Gasteiger partial charge in [0.2, 0.25) is 10.0 Å². The maximum absolute atomic E-state index is 11.6. The third kappa shape index (κ3) is 3.21. The molecule has 0 heterocycles. The average molecular weight is 309 g/mol. The summed E-state index contributed by atoms with van der Waals surface area (Å²) in [5.74, 6) is 2.19. The van der Waals surface area contributed by atoms with Crippen LogP contribution in [0.2, 0.25) is 5.02 Å². The van der Waals surface area contributed by atoms with Crippen LogP contribution in [-0.4, -0.2) is 15.0 Å². The Hall–Kier alpha value is -0.540. The predicted octanol–water partition coefficient (Wildman–Crippen LogP) is 2.01. The molecular weight excluding hydrogens is 302 g/mol. The molecule has 0 saturated carbocycles. The minimum absolute atomic E-state index is 0.0391. The third-order valence-electron chi connectivity index (χ3n) is 1.57. The van der Waals surface area contributed by atoms with Crippen molar-refractivity contribution in [2.24, 2.45) is 0 Å². The number of nitrogens with one attached hydrogen (secondary N) is 1. The Morgan fingerprint density at radius 3 is 2.73 bits per heavy atom. The molecule has 0 saturated heterocycles. The molecule has 1 N–H and O–H groups in total. The smallest absolute Gasteiger partial charge is 0.207 e. The summed E-state index contributed by atoms with van der Waals surface area (Å²) in [5, 5.41) is 0.450. The fraction of sp³-hybridized carbons (Fsp3) is 0.111. The van der Waals surface area contributed by atoms with E-state index in [4.69, 9.17) is 18.0 Å². The van der Waals surface area contributed by atoms with Gasteiger partial charge in [-0.25, -0.2) is 8.42 Å². The fourth-order valence-corrected chi connectivity index (χ4v) is 2.47. The molecule has 1 rings (SSSR count). The highest BCUT2D eigenvalue weighted by Gasteiger charge is 2.13. The molecule has 0 amide bonds. The summed E-state index contributed by atoms with van der Waals surface area (Å²) in [7, 11) is -3.54. The second-order valence-corrected chi connectivity index (χ2v) is 5.63. The maximum Gasteiger partial charge on any atom is 0.241 e. The highest BCUT2D eigenvalue weighted by atomic mass is 79.9. The van der Waals surface area contributed by atoms with Gasteiger partial charge >= 0.3 is 0 Å². The Labute approximate surface area is 102 Å². The van der Waals surface area contributed by atoms with E-state index in [0.717, 1.165) is 0 Å². The van der Waals surface area contributed by atoms with Gasteiger partial charge in [-0.15, -0.1) is 6.42 Å². The Kier molecular flexibility index (Phi) is 4.17. The zero-order chi connectivity index (χ0) is 11.5. The number of rotatable bonds is 3. The van der Waals surface area contributed by atoms with Crippen molar-refractivity contribution in [1.82, 2.24) is 4.72 Å². The topological polar surface area (TPSA) is 46.2 Å². The van der Waals surface area contributed by atoms with Crippen molar-refractivity contribution < 1.29 is 8.42 Å². The molecule has 15 heavy (non-hydrogen) atoms. The Bertz CT molecular complexity index is 507. The summed E-state index contributed by atoms with van der Waals surface area (Å²) in [6, 6.07) is 4.32. The van der Waals surface area contributed by atoms with Gasteiger partial charge in [-0.1, -0.05) is 17.5 Å². The van der Waals surface area contributed by atoms with Crippen LogP contribution in [0, 0.1) is 12.3 Å². The van der Waals surface area contributed by atoms with Crippen LogP contribution >= 0.6 is 27.5 Å². The zero-order valence-electron chi connectivity index (χ0n) is 7.50. The molecular formula is C9H7BrClNO2S. The summed E-state index contributed by atoms with van der Waals surface area (Å²) in [4.78, 5) is 0.119. The summed E-state index contributed by atoms with van der Waals surface area (Å²) in [5.41, 5.74) is 0. The molecule has 0 unspecified atom stereocenters. The summed E-state index contributed by atoms with van der Waals surface area (Å²) in [6.45, 7) is -0.0391. The molecule has 1 aromatic rings. The number of halogens is 2. The molecule has 0 aliphatic carbocycles. The SMILES string of the molecule is C#CCNS(=O)(=O)c1ccc(Cl)c(Br)c1. The van der Waals surface area contributed by atoms with Crippen molar-refractivity contribution in [1.29, 1.82) is 0 Å². The number of hydrogen-bond donors (Lipinski definition) is 1. The van der Waals surface area contributed by atoms with Gasteiger partial charge in [0.05, 0.1) is 16.5 Å². The lowest BCUT2D eigenvalue weighted by atomic mass is 10.4. The van der Waals surface area contributed by atoms with Crippen molar-refractivity contribution in [3.8, 4) is 12.3 Å². The first-order valence-corrected chi connectivity index (χ1v) is 6.51. The van der Waals surface area contributed by atoms with Crippen LogP contribution in [0.5, 0.6) is 0 Å². The molecule has 1 aromatic carbocycles. The highest BCUT2D eigenvalue weighted by molar-refractivity contribution is 9.10. The van der Waals surface area contributed by atoms with Crippen molar-refractivity contribution in [3.05, 3.63) is 27.7 Å². The molecule has 0 radical (unpaired) electrons. The predicted molar refractivity (Wildman–Crippen MR) is 63.2 cm³/mol. The molecule has 0 aliphatic rings. The number of hydrogen-bond acceptors (Lipinski definition) is 2. The molecule has 0 atom stereocenters.